The topological polar surface area (TPSA) is 51.5 Å². The number of amides is 1. The summed E-state index contributed by atoms with van der Waals surface area (Å²) in [7, 11) is 0. The van der Waals surface area contributed by atoms with E-state index in [4.69, 9.17) is 20.8 Å². The molecule has 0 spiro atoms. The summed E-state index contributed by atoms with van der Waals surface area (Å²) in [6.45, 7) is 1.06. The molecule has 20 heavy (non-hydrogen) atoms. The van der Waals surface area contributed by atoms with E-state index in [2.05, 4.69) is 21.2 Å². The van der Waals surface area contributed by atoms with Gasteiger partial charge in [-0.15, -0.1) is 0 Å². The van der Waals surface area contributed by atoms with Crippen molar-refractivity contribution in [2.75, 3.05) is 6.61 Å². The summed E-state index contributed by atoms with van der Waals surface area (Å²) in [6, 6.07) is 7.06. The van der Waals surface area contributed by atoms with Gasteiger partial charge in [-0.2, -0.15) is 0 Å². The van der Waals surface area contributed by atoms with Gasteiger partial charge in [0.05, 0.1) is 6.61 Å². The van der Waals surface area contributed by atoms with Crippen LogP contribution in [0.25, 0.3) is 0 Å². The molecule has 1 amide bonds. The van der Waals surface area contributed by atoms with Crippen LogP contribution in [-0.2, 0) is 13.0 Å². The molecular formula is C14H11BrClNO3. The van der Waals surface area contributed by atoms with E-state index in [1.807, 2.05) is 12.1 Å². The van der Waals surface area contributed by atoms with E-state index in [1.165, 1.54) is 6.07 Å². The first-order chi connectivity index (χ1) is 9.63. The zero-order valence-corrected chi connectivity index (χ0v) is 12.8. The highest BCUT2D eigenvalue weighted by Crippen LogP contribution is 2.32. The van der Waals surface area contributed by atoms with Crippen molar-refractivity contribution in [3.05, 3.63) is 50.8 Å². The first kappa shape index (κ1) is 13.5. The first-order valence-corrected chi connectivity index (χ1v) is 7.28. The number of carbonyl (C=O) groups is 1. The summed E-state index contributed by atoms with van der Waals surface area (Å²) in [5, 5.41) is 2.99. The maximum Gasteiger partial charge on any atom is 0.287 e. The lowest BCUT2D eigenvalue weighted by Gasteiger charge is -2.09. The lowest BCUT2D eigenvalue weighted by Crippen LogP contribution is -2.22. The van der Waals surface area contributed by atoms with Crippen LogP contribution >= 0.6 is 27.5 Å². The third-order valence-electron chi connectivity index (χ3n) is 3.06. The van der Waals surface area contributed by atoms with Crippen LogP contribution < -0.4 is 10.1 Å². The van der Waals surface area contributed by atoms with E-state index in [1.54, 1.807) is 6.07 Å². The molecule has 1 aliphatic heterocycles. The van der Waals surface area contributed by atoms with Crippen LogP contribution in [0.2, 0.25) is 5.22 Å². The predicted molar refractivity (Wildman–Crippen MR) is 78.2 cm³/mol. The number of rotatable bonds is 3. The molecule has 0 radical (unpaired) electrons. The van der Waals surface area contributed by atoms with E-state index in [0.717, 1.165) is 27.8 Å². The van der Waals surface area contributed by atoms with Gasteiger partial charge in [-0.05, 0) is 41.4 Å². The van der Waals surface area contributed by atoms with Gasteiger partial charge in [0.2, 0.25) is 0 Å². The Bertz CT molecular complexity index is 668. The van der Waals surface area contributed by atoms with Crippen LogP contribution in [0.15, 0.2) is 33.2 Å². The lowest BCUT2D eigenvalue weighted by atomic mass is 10.1. The Kier molecular flexibility index (Phi) is 3.72. The molecule has 1 N–H and O–H groups in total. The van der Waals surface area contributed by atoms with Gasteiger partial charge in [-0.1, -0.05) is 15.9 Å². The highest BCUT2D eigenvalue weighted by Gasteiger charge is 2.18. The fourth-order valence-electron chi connectivity index (χ4n) is 2.18. The summed E-state index contributed by atoms with van der Waals surface area (Å²) in [4.78, 5) is 11.9. The summed E-state index contributed by atoms with van der Waals surface area (Å²) < 4.78 is 11.7. The molecule has 3 rings (SSSR count). The zero-order chi connectivity index (χ0) is 14.1. The van der Waals surface area contributed by atoms with Crippen molar-refractivity contribution in [2.24, 2.45) is 0 Å². The Labute approximate surface area is 129 Å². The summed E-state index contributed by atoms with van der Waals surface area (Å²) in [5.74, 6) is 0.761. The Morgan fingerprint density at radius 3 is 3.00 bits per heavy atom. The number of hydrogen-bond donors (Lipinski definition) is 1. The van der Waals surface area contributed by atoms with Gasteiger partial charge in [0.15, 0.2) is 11.0 Å². The summed E-state index contributed by atoms with van der Waals surface area (Å²) in [6.07, 6.45) is 0.892. The second-order valence-corrected chi connectivity index (χ2v) is 5.73. The fraction of sp³-hybridized carbons (Fsp3) is 0.214. The molecule has 0 aliphatic carbocycles. The fourth-order valence-corrected chi connectivity index (χ4v) is 2.88. The third-order valence-corrected chi connectivity index (χ3v) is 3.72. The van der Waals surface area contributed by atoms with Gasteiger partial charge in [-0.3, -0.25) is 4.79 Å². The molecule has 0 fully saturated rings. The average molecular weight is 357 g/mol. The van der Waals surface area contributed by atoms with E-state index < -0.39 is 0 Å². The number of fused-ring (bicyclic) bond motifs is 1. The number of ether oxygens (including phenoxy) is 1. The molecule has 104 valence electrons. The normalized spacial score (nSPS) is 12.9. The van der Waals surface area contributed by atoms with Crippen LogP contribution in [-0.4, -0.2) is 12.5 Å². The van der Waals surface area contributed by atoms with Crippen LogP contribution in [0.1, 0.15) is 21.7 Å². The van der Waals surface area contributed by atoms with E-state index >= 15 is 0 Å². The standard InChI is InChI=1S/C14H11BrClNO3/c15-10-5-8-3-4-19-13(8)9(6-10)7-17-14(18)11-1-2-12(16)20-11/h1-2,5-6H,3-4,7H2,(H,17,18). The van der Waals surface area contributed by atoms with Gasteiger partial charge in [0, 0.05) is 23.0 Å². The van der Waals surface area contributed by atoms with Crippen molar-refractivity contribution in [3.8, 4) is 5.75 Å². The summed E-state index contributed by atoms with van der Waals surface area (Å²) >= 11 is 9.11. The molecule has 0 saturated carbocycles. The molecular weight excluding hydrogens is 346 g/mol. The Hall–Kier alpha value is -1.46. The number of halogens is 2. The maximum absolute atomic E-state index is 11.9. The molecule has 1 aromatic carbocycles. The molecule has 0 saturated heterocycles. The largest absolute Gasteiger partial charge is 0.493 e. The SMILES string of the molecule is O=C(NCc1cc(Br)cc2c1OCC2)c1ccc(Cl)o1. The Balaban J connectivity index is 1.74. The van der Waals surface area contributed by atoms with Crippen molar-refractivity contribution in [1.29, 1.82) is 0 Å². The van der Waals surface area contributed by atoms with E-state index in [0.29, 0.717) is 13.2 Å². The number of carbonyl (C=O) groups excluding carboxylic acids is 1. The molecule has 4 nitrogen and oxygen atoms in total. The number of furan rings is 1. The molecule has 0 unspecified atom stereocenters. The van der Waals surface area contributed by atoms with Crippen molar-refractivity contribution in [3.63, 3.8) is 0 Å². The molecule has 1 aromatic heterocycles. The van der Waals surface area contributed by atoms with Crippen LogP contribution in [0.5, 0.6) is 5.75 Å². The van der Waals surface area contributed by atoms with E-state index in [-0.39, 0.29) is 16.9 Å². The van der Waals surface area contributed by atoms with Crippen LogP contribution in [0.3, 0.4) is 0 Å². The molecule has 2 heterocycles. The molecule has 1 aliphatic rings. The average Bonchev–Trinajstić information content (AvgIpc) is 3.03. The van der Waals surface area contributed by atoms with Crippen molar-refractivity contribution >= 4 is 33.4 Å². The monoisotopic (exact) mass is 355 g/mol. The number of benzene rings is 1. The minimum absolute atomic E-state index is 0.196. The van der Waals surface area contributed by atoms with Gasteiger partial charge in [0.25, 0.3) is 5.91 Å². The van der Waals surface area contributed by atoms with E-state index in [9.17, 15) is 4.79 Å². The highest BCUT2D eigenvalue weighted by molar-refractivity contribution is 9.10. The van der Waals surface area contributed by atoms with Crippen molar-refractivity contribution in [2.45, 2.75) is 13.0 Å². The Morgan fingerprint density at radius 2 is 2.25 bits per heavy atom. The zero-order valence-electron chi connectivity index (χ0n) is 10.4. The van der Waals surface area contributed by atoms with Gasteiger partial charge >= 0.3 is 0 Å². The molecule has 0 bridgehead atoms. The smallest absolute Gasteiger partial charge is 0.287 e. The van der Waals surface area contributed by atoms with Crippen molar-refractivity contribution < 1.29 is 13.9 Å². The second-order valence-electron chi connectivity index (χ2n) is 4.44. The quantitative estimate of drug-likeness (QED) is 0.915. The van der Waals surface area contributed by atoms with Gasteiger partial charge in [0.1, 0.15) is 5.75 Å². The minimum atomic E-state index is -0.302. The second kappa shape index (κ2) is 5.50. The third kappa shape index (κ3) is 2.69. The maximum atomic E-state index is 11.9. The Morgan fingerprint density at radius 1 is 1.40 bits per heavy atom. The summed E-state index contributed by atoms with van der Waals surface area (Å²) in [5.41, 5.74) is 2.10. The van der Waals surface area contributed by atoms with Crippen LogP contribution in [0, 0.1) is 0 Å². The van der Waals surface area contributed by atoms with Gasteiger partial charge < -0.3 is 14.5 Å². The molecule has 2 aromatic rings. The number of nitrogens with one attached hydrogen (secondary N) is 1. The highest BCUT2D eigenvalue weighted by atomic mass is 79.9. The number of hydrogen-bond acceptors (Lipinski definition) is 3. The van der Waals surface area contributed by atoms with Crippen LogP contribution in [0.4, 0.5) is 0 Å². The lowest BCUT2D eigenvalue weighted by molar-refractivity contribution is 0.0923. The molecule has 0 atom stereocenters. The van der Waals surface area contributed by atoms with Gasteiger partial charge in [-0.25, -0.2) is 0 Å². The first-order valence-electron chi connectivity index (χ1n) is 6.11. The minimum Gasteiger partial charge on any atom is -0.493 e. The van der Waals surface area contributed by atoms with Crippen molar-refractivity contribution in [1.82, 2.24) is 5.32 Å². The molecule has 6 heteroatoms. The predicted octanol–water partition coefficient (Wildman–Crippen LogP) is 3.56.